The van der Waals surface area contributed by atoms with E-state index in [1.54, 1.807) is 6.07 Å². The molecule has 1 amide bonds. The molecule has 0 atom stereocenters. The predicted octanol–water partition coefficient (Wildman–Crippen LogP) is 3.63. The average Bonchev–Trinajstić information content (AvgIpc) is 2.68. The molecule has 1 heterocycles. The lowest BCUT2D eigenvalue weighted by Crippen LogP contribution is -2.30. The van der Waals surface area contributed by atoms with Gasteiger partial charge in [0, 0.05) is 18.7 Å². The third kappa shape index (κ3) is 6.45. The molecule has 1 aliphatic heterocycles. The van der Waals surface area contributed by atoms with Crippen LogP contribution in [0.4, 0.5) is 5.69 Å². The maximum atomic E-state index is 12.6. The number of likely N-dealkylation sites (tertiary alicyclic amines) is 1. The Hall–Kier alpha value is -2.09. The van der Waals surface area contributed by atoms with Crippen molar-refractivity contribution in [2.75, 3.05) is 24.1 Å². The molecule has 2 N–H and O–H groups in total. The van der Waals surface area contributed by atoms with E-state index in [0.717, 1.165) is 31.5 Å². The van der Waals surface area contributed by atoms with Gasteiger partial charge in [-0.15, -0.1) is 0 Å². The molecule has 0 aliphatic carbocycles. The molecule has 3 rings (SSSR count). The van der Waals surface area contributed by atoms with Crippen molar-refractivity contribution in [2.24, 2.45) is 0 Å². The summed E-state index contributed by atoms with van der Waals surface area (Å²) in [5.74, 6) is -0.286. The summed E-state index contributed by atoms with van der Waals surface area (Å²) < 4.78 is 25.3. The summed E-state index contributed by atoms with van der Waals surface area (Å²) in [4.78, 5) is 15.1. The highest BCUT2D eigenvalue weighted by Gasteiger charge is 2.14. The normalized spacial score (nSPS) is 15.1. The SMILES string of the molecule is CS(=O)(=O)Nc1cc(C(=O)NCc2ccccc2CN2CCCCC2)ccc1Cl. The fourth-order valence-electron chi connectivity index (χ4n) is 3.46. The molecule has 1 saturated heterocycles. The van der Waals surface area contributed by atoms with Crippen molar-refractivity contribution < 1.29 is 13.2 Å². The number of rotatable bonds is 7. The van der Waals surface area contributed by atoms with Crippen LogP contribution in [0.2, 0.25) is 5.02 Å². The monoisotopic (exact) mass is 435 g/mol. The zero-order valence-corrected chi connectivity index (χ0v) is 18.0. The molecule has 0 bridgehead atoms. The molecule has 2 aromatic carbocycles. The largest absolute Gasteiger partial charge is 0.348 e. The number of benzene rings is 2. The number of hydrogen-bond acceptors (Lipinski definition) is 4. The Bertz CT molecular complexity index is 973. The predicted molar refractivity (Wildman–Crippen MR) is 117 cm³/mol. The van der Waals surface area contributed by atoms with E-state index in [2.05, 4.69) is 21.0 Å². The van der Waals surface area contributed by atoms with E-state index in [1.165, 1.54) is 37.0 Å². The van der Waals surface area contributed by atoms with Gasteiger partial charge >= 0.3 is 0 Å². The average molecular weight is 436 g/mol. The minimum atomic E-state index is -3.49. The summed E-state index contributed by atoms with van der Waals surface area (Å²) in [6, 6.07) is 12.6. The van der Waals surface area contributed by atoms with Crippen molar-refractivity contribution >= 4 is 33.2 Å². The van der Waals surface area contributed by atoms with Crippen LogP contribution in [0.15, 0.2) is 42.5 Å². The van der Waals surface area contributed by atoms with Gasteiger partial charge in [-0.05, 0) is 55.3 Å². The zero-order valence-electron chi connectivity index (χ0n) is 16.4. The van der Waals surface area contributed by atoms with Crippen LogP contribution in [-0.4, -0.2) is 38.6 Å². The van der Waals surface area contributed by atoms with Crippen LogP contribution in [0.1, 0.15) is 40.7 Å². The molecule has 0 spiro atoms. The lowest BCUT2D eigenvalue weighted by molar-refractivity contribution is 0.0950. The number of amides is 1. The molecule has 6 nitrogen and oxygen atoms in total. The highest BCUT2D eigenvalue weighted by molar-refractivity contribution is 7.92. The Balaban J connectivity index is 1.67. The summed E-state index contributed by atoms with van der Waals surface area (Å²) in [7, 11) is -3.49. The van der Waals surface area contributed by atoms with E-state index in [9.17, 15) is 13.2 Å². The second-order valence-electron chi connectivity index (χ2n) is 7.36. The maximum Gasteiger partial charge on any atom is 0.251 e. The Labute approximate surface area is 177 Å². The first-order valence-corrected chi connectivity index (χ1v) is 11.9. The van der Waals surface area contributed by atoms with E-state index >= 15 is 0 Å². The first kappa shape index (κ1) is 21.6. The van der Waals surface area contributed by atoms with Gasteiger partial charge in [0.15, 0.2) is 0 Å². The molecule has 8 heteroatoms. The van der Waals surface area contributed by atoms with Gasteiger partial charge in [-0.3, -0.25) is 14.4 Å². The van der Waals surface area contributed by atoms with Crippen LogP contribution >= 0.6 is 11.6 Å². The standard InChI is InChI=1S/C21H26ClN3O3S/c1-29(27,28)24-20-13-16(9-10-19(20)22)21(26)23-14-17-7-3-4-8-18(17)15-25-11-5-2-6-12-25/h3-4,7-10,13,24H,2,5-6,11-12,14-15H2,1H3,(H,23,26). The Morgan fingerprint density at radius 2 is 1.76 bits per heavy atom. The summed E-state index contributed by atoms with van der Waals surface area (Å²) in [6.07, 6.45) is 4.81. The Morgan fingerprint density at radius 1 is 1.07 bits per heavy atom. The first-order chi connectivity index (χ1) is 13.8. The van der Waals surface area contributed by atoms with Crippen LogP contribution in [0.25, 0.3) is 0 Å². The minimum Gasteiger partial charge on any atom is -0.348 e. The quantitative estimate of drug-likeness (QED) is 0.696. The first-order valence-electron chi connectivity index (χ1n) is 9.66. The third-order valence-corrected chi connectivity index (χ3v) is 5.84. The molecule has 0 unspecified atom stereocenters. The van der Waals surface area contributed by atoms with Crippen LogP contribution in [0, 0.1) is 0 Å². The van der Waals surface area contributed by atoms with Gasteiger partial charge in [-0.25, -0.2) is 8.42 Å². The summed E-state index contributed by atoms with van der Waals surface area (Å²) in [6.45, 7) is 3.51. The molecule has 0 radical (unpaired) electrons. The van der Waals surface area contributed by atoms with Gasteiger partial charge in [-0.2, -0.15) is 0 Å². The van der Waals surface area contributed by atoms with Gasteiger partial charge in [0.05, 0.1) is 17.0 Å². The minimum absolute atomic E-state index is 0.187. The van der Waals surface area contributed by atoms with Crippen molar-refractivity contribution in [2.45, 2.75) is 32.4 Å². The topological polar surface area (TPSA) is 78.5 Å². The summed E-state index contributed by atoms with van der Waals surface area (Å²) in [5.41, 5.74) is 2.82. The number of halogens is 1. The molecular formula is C21H26ClN3O3S. The molecule has 29 heavy (non-hydrogen) atoms. The van der Waals surface area contributed by atoms with E-state index in [0.29, 0.717) is 12.1 Å². The number of sulfonamides is 1. The van der Waals surface area contributed by atoms with E-state index in [4.69, 9.17) is 11.6 Å². The second-order valence-corrected chi connectivity index (χ2v) is 9.51. The van der Waals surface area contributed by atoms with Crippen molar-refractivity contribution in [3.05, 3.63) is 64.2 Å². The molecule has 156 valence electrons. The highest BCUT2D eigenvalue weighted by Crippen LogP contribution is 2.24. The molecule has 0 aromatic heterocycles. The van der Waals surface area contributed by atoms with Gasteiger partial charge in [-0.1, -0.05) is 42.3 Å². The van der Waals surface area contributed by atoms with E-state index in [-0.39, 0.29) is 16.6 Å². The van der Waals surface area contributed by atoms with Gasteiger partial charge in [0.1, 0.15) is 0 Å². The lowest BCUT2D eigenvalue weighted by atomic mass is 10.0. The van der Waals surface area contributed by atoms with Crippen LogP contribution in [0.3, 0.4) is 0 Å². The van der Waals surface area contributed by atoms with Crippen LogP contribution in [-0.2, 0) is 23.1 Å². The van der Waals surface area contributed by atoms with E-state index in [1.807, 2.05) is 18.2 Å². The molecular weight excluding hydrogens is 410 g/mol. The number of piperidine rings is 1. The van der Waals surface area contributed by atoms with Crippen molar-refractivity contribution in [3.63, 3.8) is 0 Å². The number of carbonyl (C=O) groups is 1. The number of anilines is 1. The van der Waals surface area contributed by atoms with Gasteiger partial charge in [0.2, 0.25) is 10.0 Å². The molecule has 2 aromatic rings. The molecule has 1 fully saturated rings. The number of nitrogens with one attached hydrogen (secondary N) is 2. The summed E-state index contributed by atoms with van der Waals surface area (Å²) >= 11 is 6.03. The third-order valence-electron chi connectivity index (χ3n) is 4.92. The Morgan fingerprint density at radius 3 is 2.45 bits per heavy atom. The summed E-state index contributed by atoms with van der Waals surface area (Å²) in [5, 5.41) is 3.16. The number of hydrogen-bond donors (Lipinski definition) is 2. The number of nitrogens with zero attached hydrogens (tertiary/aromatic N) is 1. The van der Waals surface area contributed by atoms with Crippen LogP contribution < -0.4 is 10.0 Å². The second kappa shape index (κ2) is 9.61. The van der Waals surface area contributed by atoms with Crippen molar-refractivity contribution in [1.82, 2.24) is 10.2 Å². The smallest absolute Gasteiger partial charge is 0.251 e. The van der Waals surface area contributed by atoms with Crippen molar-refractivity contribution in [1.29, 1.82) is 0 Å². The number of carbonyl (C=O) groups excluding carboxylic acids is 1. The maximum absolute atomic E-state index is 12.6. The molecule has 0 saturated carbocycles. The molecule has 1 aliphatic rings. The lowest BCUT2D eigenvalue weighted by Gasteiger charge is -2.27. The Kier molecular flexibility index (Phi) is 7.16. The fourth-order valence-corrected chi connectivity index (χ4v) is 4.25. The van der Waals surface area contributed by atoms with Crippen molar-refractivity contribution in [3.8, 4) is 0 Å². The zero-order chi connectivity index (χ0) is 20.9. The fraction of sp³-hybridized carbons (Fsp3) is 0.381. The van der Waals surface area contributed by atoms with E-state index < -0.39 is 10.0 Å². The van der Waals surface area contributed by atoms with Gasteiger partial charge < -0.3 is 5.32 Å². The van der Waals surface area contributed by atoms with Gasteiger partial charge in [0.25, 0.3) is 5.91 Å². The highest BCUT2D eigenvalue weighted by atomic mass is 35.5. The van der Waals surface area contributed by atoms with Crippen LogP contribution in [0.5, 0.6) is 0 Å².